The molecule has 0 radical (unpaired) electrons. The molecule has 0 aromatic carbocycles. The minimum Gasteiger partial charge on any atom is -0.379 e. The Morgan fingerprint density at radius 3 is 2.81 bits per heavy atom. The van der Waals surface area contributed by atoms with E-state index in [1.807, 2.05) is 4.90 Å². The molecule has 0 aromatic rings. The molecule has 1 saturated heterocycles. The first-order valence-electron chi connectivity index (χ1n) is 6.35. The van der Waals surface area contributed by atoms with Crippen molar-refractivity contribution in [3.63, 3.8) is 0 Å². The summed E-state index contributed by atoms with van der Waals surface area (Å²) >= 11 is 0. The number of nitrogens with two attached hydrogens (primary N) is 1. The Bertz CT molecular complexity index is 258. The lowest BCUT2D eigenvalue weighted by atomic mass is 9.98. The van der Waals surface area contributed by atoms with Gasteiger partial charge in [-0.25, -0.2) is 0 Å². The second kappa shape index (κ2) is 4.72. The van der Waals surface area contributed by atoms with Gasteiger partial charge >= 0.3 is 0 Å². The highest BCUT2D eigenvalue weighted by Crippen LogP contribution is 2.30. The highest BCUT2D eigenvalue weighted by atomic mass is 16.5. The van der Waals surface area contributed by atoms with Gasteiger partial charge in [-0.1, -0.05) is 13.3 Å². The van der Waals surface area contributed by atoms with Gasteiger partial charge in [-0.05, 0) is 25.7 Å². The summed E-state index contributed by atoms with van der Waals surface area (Å²) in [6.45, 7) is 4.01. The number of hydrogen-bond acceptors (Lipinski definition) is 3. The topological polar surface area (TPSA) is 55.6 Å². The maximum atomic E-state index is 12.4. The zero-order valence-electron chi connectivity index (χ0n) is 10.1. The van der Waals surface area contributed by atoms with Gasteiger partial charge in [0.15, 0.2) is 0 Å². The van der Waals surface area contributed by atoms with E-state index in [2.05, 4.69) is 6.92 Å². The van der Waals surface area contributed by atoms with Crippen LogP contribution in [0.3, 0.4) is 0 Å². The molecular weight excluding hydrogens is 204 g/mol. The summed E-state index contributed by atoms with van der Waals surface area (Å²) in [5, 5.41) is 0. The van der Waals surface area contributed by atoms with Gasteiger partial charge in [-0.15, -0.1) is 0 Å². The highest BCUT2D eigenvalue weighted by Gasteiger charge is 2.44. The lowest BCUT2D eigenvalue weighted by Crippen LogP contribution is -2.56. The number of rotatable bonds is 5. The van der Waals surface area contributed by atoms with E-state index in [-0.39, 0.29) is 5.91 Å². The molecule has 1 saturated carbocycles. The molecule has 0 spiro atoms. The van der Waals surface area contributed by atoms with Gasteiger partial charge in [0.05, 0.1) is 6.61 Å². The Hall–Kier alpha value is -0.610. The predicted molar refractivity (Wildman–Crippen MR) is 62.0 cm³/mol. The van der Waals surface area contributed by atoms with E-state index in [1.165, 1.54) is 0 Å². The second-order valence-electron chi connectivity index (χ2n) is 5.04. The van der Waals surface area contributed by atoms with Crippen molar-refractivity contribution in [1.29, 1.82) is 0 Å². The maximum Gasteiger partial charge on any atom is 0.245 e. The third-order valence-corrected chi connectivity index (χ3v) is 3.48. The molecule has 2 rings (SSSR count). The summed E-state index contributed by atoms with van der Waals surface area (Å²) in [6, 6.07) is 0.458. The van der Waals surface area contributed by atoms with Crippen LogP contribution >= 0.6 is 0 Å². The normalized spacial score (nSPS) is 29.4. The van der Waals surface area contributed by atoms with Crippen molar-refractivity contribution < 1.29 is 9.53 Å². The quantitative estimate of drug-likeness (QED) is 0.757. The average molecular weight is 226 g/mol. The summed E-state index contributed by atoms with van der Waals surface area (Å²) in [4.78, 5) is 14.4. The zero-order valence-corrected chi connectivity index (χ0v) is 10.1. The highest BCUT2D eigenvalue weighted by molar-refractivity contribution is 5.87. The molecule has 2 N–H and O–H groups in total. The molecule has 1 aliphatic carbocycles. The van der Waals surface area contributed by atoms with E-state index in [0.29, 0.717) is 25.7 Å². The Kier molecular flexibility index (Phi) is 3.50. The predicted octanol–water partition coefficient (Wildman–Crippen LogP) is 0.895. The number of ether oxygens (including phenoxy) is 1. The van der Waals surface area contributed by atoms with Crippen LogP contribution in [0.4, 0.5) is 0 Å². The fourth-order valence-electron chi connectivity index (χ4n) is 2.20. The van der Waals surface area contributed by atoms with Crippen molar-refractivity contribution in [2.75, 3.05) is 19.8 Å². The Labute approximate surface area is 97.1 Å². The first-order chi connectivity index (χ1) is 7.67. The van der Waals surface area contributed by atoms with E-state index in [9.17, 15) is 4.79 Å². The van der Waals surface area contributed by atoms with Crippen LogP contribution in [0.15, 0.2) is 0 Å². The molecule has 0 aromatic heterocycles. The summed E-state index contributed by atoms with van der Waals surface area (Å²) < 4.78 is 5.26. The molecule has 2 aliphatic rings. The zero-order chi connectivity index (χ0) is 11.6. The molecule has 1 amide bonds. The van der Waals surface area contributed by atoms with Gasteiger partial charge in [0.1, 0.15) is 5.54 Å². The standard InChI is InChI=1S/C12H22N2O2/c1-2-3-7-14(10-4-5-10)11(15)12(13)6-8-16-9-12/h10H,2-9,13H2,1H3. The minimum atomic E-state index is -0.740. The van der Waals surface area contributed by atoms with Gasteiger partial charge in [0.2, 0.25) is 5.91 Å². The lowest BCUT2D eigenvalue weighted by Gasteiger charge is -2.30. The van der Waals surface area contributed by atoms with E-state index >= 15 is 0 Å². The Morgan fingerprint density at radius 1 is 1.56 bits per heavy atom. The molecule has 1 aliphatic heterocycles. The largest absolute Gasteiger partial charge is 0.379 e. The van der Waals surface area contributed by atoms with Crippen molar-refractivity contribution >= 4 is 5.91 Å². The molecular formula is C12H22N2O2. The van der Waals surface area contributed by atoms with Crippen molar-refractivity contribution in [3.05, 3.63) is 0 Å². The number of hydrogen-bond donors (Lipinski definition) is 1. The van der Waals surface area contributed by atoms with E-state index in [4.69, 9.17) is 10.5 Å². The molecule has 4 nitrogen and oxygen atoms in total. The second-order valence-corrected chi connectivity index (χ2v) is 5.04. The average Bonchev–Trinajstić information content (AvgIpc) is 3.01. The lowest BCUT2D eigenvalue weighted by molar-refractivity contribution is -0.137. The van der Waals surface area contributed by atoms with Crippen LogP contribution in [0, 0.1) is 0 Å². The Balaban J connectivity index is 1.98. The molecule has 1 unspecified atom stereocenters. The van der Waals surface area contributed by atoms with Crippen molar-refractivity contribution in [2.45, 2.75) is 50.6 Å². The first kappa shape index (κ1) is 11.9. The number of amides is 1. The third-order valence-electron chi connectivity index (χ3n) is 3.48. The monoisotopic (exact) mass is 226 g/mol. The molecule has 1 heterocycles. The Morgan fingerprint density at radius 2 is 2.31 bits per heavy atom. The van der Waals surface area contributed by atoms with Crippen LogP contribution < -0.4 is 5.73 Å². The van der Waals surface area contributed by atoms with Crippen LogP contribution in [0.1, 0.15) is 39.0 Å². The van der Waals surface area contributed by atoms with Crippen molar-refractivity contribution in [3.8, 4) is 0 Å². The van der Waals surface area contributed by atoms with Crippen LogP contribution in [0.25, 0.3) is 0 Å². The fourth-order valence-corrected chi connectivity index (χ4v) is 2.20. The van der Waals surface area contributed by atoms with Gasteiger partial charge in [0, 0.05) is 19.2 Å². The van der Waals surface area contributed by atoms with E-state index in [0.717, 1.165) is 32.2 Å². The number of carbonyl (C=O) groups is 1. The molecule has 0 bridgehead atoms. The molecule has 1 atom stereocenters. The van der Waals surface area contributed by atoms with Crippen LogP contribution in [0.2, 0.25) is 0 Å². The van der Waals surface area contributed by atoms with Crippen LogP contribution in [0.5, 0.6) is 0 Å². The number of carbonyl (C=O) groups excluding carboxylic acids is 1. The van der Waals surface area contributed by atoms with Crippen LogP contribution in [-0.2, 0) is 9.53 Å². The SMILES string of the molecule is CCCCN(C(=O)C1(N)CCOC1)C1CC1. The van der Waals surface area contributed by atoms with Crippen LogP contribution in [-0.4, -0.2) is 42.1 Å². The van der Waals surface area contributed by atoms with Gasteiger partial charge in [-0.3, -0.25) is 4.79 Å². The first-order valence-corrected chi connectivity index (χ1v) is 6.35. The third kappa shape index (κ3) is 2.38. The summed E-state index contributed by atoms with van der Waals surface area (Å²) in [5.74, 6) is 0.112. The van der Waals surface area contributed by atoms with E-state index in [1.54, 1.807) is 0 Å². The molecule has 92 valence electrons. The number of nitrogens with zero attached hydrogens (tertiary/aromatic N) is 1. The van der Waals surface area contributed by atoms with Gasteiger partial charge < -0.3 is 15.4 Å². The molecule has 2 fully saturated rings. The number of unbranched alkanes of at least 4 members (excludes halogenated alkanes) is 1. The molecule has 16 heavy (non-hydrogen) atoms. The van der Waals surface area contributed by atoms with E-state index < -0.39 is 5.54 Å². The summed E-state index contributed by atoms with van der Waals surface area (Å²) in [7, 11) is 0. The fraction of sp³-hybridized carbons (Fsp3) is 0.917. The summed E-state index contributed by atoms with van der Waals surface area (Å²) in [6.07, 6.45) is 5.14. The van der Waals surface area contributed by atoms with Crippen molar-refractivity contribution in [1.82, 2.24) is 4.90 Å². The smallest absolute Gasteiger partial charge is 0.245 e. The summed E-state index contributed by atoms with van der Waals surface area (Å²) in [5.41, 5.74) is 5.38. The van der Waals surface area contributed by atoms with Gasteiger partial charge in [0.25, 0.3) is 0 Å². The minimum absolute atomic E-state index is 0.112. The van der Waals surface area contributed by atoms with Gasteiger partial charge in [-0.2, -0.15) is 0 Å². The van der Waals surface area contributed by atoms with Crippen molar-refractivity contribution in [2.24, 2.45) is 5.73 Å². The molecule has 4 heteroatoms. The maximum absolute atomic E-state index is 12.4.